The van der Waals surface area contributed by atoms with Gasteiger partial charge >= 0.3 is 6.18 Å². The Labute approximate surface area is 167 Å². The van der Waals surface area contributed by atoms with E-state index in [1.54, 1.807) is 19.9 Å². The van der Waals surface area contributed by atoms with Crippen LogP contribution in [0.4, 0.5) is 19.0 Å². The molecule has 1 aliphatic rings. The quantitative estimate of drug-likeness (QED) is 0.583. The highest BCUT2D eigenvalue weighted by atomic mass is 19.4. The molecule has 158 valence electrons. The number of carbonyl (C=O) groups is 1. The van der Waals surface area contributed by atoms with E-state index in [0.29, 0.717) is 16.8 Å². The molecule has 3 heterocycles. The van der Waals surface area contributed by atoms with Gasteiger partial charge in [0.05, 0.1) is 16.6 Å². The number of nitrogens with zero attached hydrogens (tertiary/aromatic N) is 2. The van der Waals surface area contributed by atoms with Gasteiger partial charge in [0.2, 0.25) is 5.75 Å². The van der Waals surface area contributed by atoms with Gasteiger partial charge in [-0.2, -0.15) is 13.2 Å². The number of hydrogen-bond donors (Lipinski definition) is 3. The van der Waals surface area contributed by atoms with Gasteiger partial charge in [0, 0.05) is 5.56 Å². The topological polar surface area (TPSA) is 126 Å². The third-order valence-electron chi connectivity index (χ3n) is 4.98. The maximum atomic E-state index is 13.9. The molecule has 0 atom stereocenters. The molecule has 0 bridgehead atoms. The zero-order valence-electron chi connectivity index (χ0n) is 15.9. The molecular weight excluding hydrogens is 405 g/mol. The number of fused-ring (bicyclic) bond motifs is 3. The normalized spacial score (nSPS) is 13.6. The molecule has 1 aliphatic heterocycles. The van der Waals surface area contributed by atoms with Gasteiger partial charge in [-0.25, -0.2) is 4.98 Å². The number of amides is 1. The number of benzene rings is 1. The van der Waals surface area contributed by atoms with Crippen molar-refractivity contribution in [2.45, 2.75) is 20.0 Å². The molecule has 0 saturated carbocycles. The van der Waals surface area contributed by atoms with Crippen LogP contribution < -0.4 is 20.9 Å². The van der Waals surface area contributed by atoms with Gasteiger partial charge in [-0.05, 0) is 25.5 Å². The third-order valence-corrected chi connectivity index (χ3v) is 4.98. The predicted octanol–water partition coefficient (Wildman–Crippen LogP) is 2.82. The number of nitrogen functional groups attached to an aromatic ring is 1. The van der Waals surface area contributed by atoms with Crippen molar-refractivity contribution in [1.29, 1.82) is 0 Å². The first-order valence-electron chi connectivity index (χ1n) is 8.84. The monoisotopic (exact) mass is 422 g/mol. The van der Waals surface area contributed by atoms with E-state index in [0.717, 1.165) is 0 Å². The Morgan fingerprint density at radius 2 is 1.90 bits per heavy atom. The number of carbonyl (C=O) groups excluding carboxylic acids is 1. The fraction of sp³-hybridized carbons (Fsp3) is 0.263. The van der Waals surface area contributed by atoms with Gasteiger partial charge in [-0.15, -0.1) is 0 Å². The molecule has 0 radical (unpaired) electrons. The Morgan fingerprint density at radius 1 is 1.23 bits per heavy atom. The number of aryl methyl sites for hydroxylation is 1. The molecule has 8 nitrogen and oxygen atoms in total. The second kappa shape index (κ2) is 6.44. The van der Waals surface area contributed by atoms with Crippen LogP contribution in [0.5, 0.6) is 17.4 Å². The lowest BCUT2D eigenvalue weighted by molar-refractivity contribution is -0.140. The van der Waals surface area contributed by atoms with Crippen molar-refractivity contribution in [2.24, 2.45) is 5.73 Å². The van der Waals surface area contributed by atoms with Crippen LogP contribution in [0.25, 0.3) is 16.6 Å². The maximum Gasteiger partial charge on any atom is 0.434 e. The molecule has 30 heavy (non-hydrogen) atoms. The van der Waals surface area contributed by atoms with Crippen LogP contribution in [0.3, 0.4) is 0 Å². The van der Waals surface area contributed by atoms with Crippen molar-refractivity contribution in [3.63, 3.8) is 0 Å². The van der Waals surface area contributed by atoms with Crippen LogP contribution in [0, 0.1) is 13.8 Å². The van der Waals surface area contributed by atoms with Crippen molar-refractivity contribution in [3.8, 4) is 23.1 Å². The minimum absolute atomic E-state index is 0.00581. The number of aromatic hydroxyl groups is 1. The van der Waals surface area contributed by atoms with Crippen LogP contribution in [0.15, 0.2) is 12.1 Å². The van der Waals surface area contributed by atoms with E-state index < -0.39 is 28.7 Å². The van der Waals surface area contributed by atoms with E-state index in [1.165, 1.54) is 10.6 Å². The summed E-state index contributed by atoms with van der Waals surface area (Å²) in [6.07, 6.45) is -4.93. The summed E-state index contributed by atoms with van der Waals surface area (Å²) in [6.45, 7) is 3.32. The van der Waals surface area contributed by atoms with Gasteiger partial charge in [-0.1, -0.05) is 6.07 Å². The second-order valence-electron chi connectivity index (χ2n) is 6.85. The van der Waals surface area contributed by atoms with Crippen LogP contribution in [-0.2, 0) is 6.18 Å². The third kappa shape index (κ3) is 2.69. The number of nitrogens with two attached hydrogens (primary N) is 2. The zero-order valence-corrected chi connectivity index (χ0v) is 15.9. The van der Waals surface area contributed by atoms with Gasteiger partial charge in [0.1, 0.15) is 30.3 Å². The van der Waals surface area contributed by atoms with E-state index in [1.807, 2.05) is 0 Å². The molecule has 0 aliphatic carbocycles. The molecule has 0 fully saturated rings. The highest BCUT2D eigenvalue weighted by Crippen LogP contribution is 2.48. The first-order chi connectivity index (χ1) is 14.0. The molecular formula is C19H17F3N4O4. The molecule has 1 aromatic carbocycles. The Bertz CT molecular complexity index is 1220. The van der Waals surface area contributed by atoms with E-state index in [9.17, 15) is 23.1 Å². The Hall–Kier alpha value is -3.63. The molecule has 4 rings (SSSR count). The number of hydrogen-bond acceptors (Lipinski definition) is 6. The number of ether oxygens (including phenoxy) is 2. The molecule has 0 spiro atoms. The Balaban J connectivity index is 2.30. The minimum Gasteiger partial charge on any atom is -0.508 e. The number of halogens is 3. The summed E-state index contributed by atoms with van der Waals surface area (Å²) in [6, 6.07) is 3.02. The summed E-state index contributed by atoms with van der Waals surface area (Å²) in [5.74, 6) is -2.05. The molecule has 11 heteroatoms. The zero-order chi connectivity index (χ0) is 22.0. The predicted molar refractivity (Wildman–Crippen MR) is 101 cm³/mol. The Morgan fingerprint density at radius 3 is 2.53 bits per heavy atom. The molecule has 0 unspecified atom stereocenters. The van der Waals surface area contributed by atoms with E-state index >= 15 is 0 Å². The largest absolute Gasteiger partial charge is 0.508 e. The summed E-state index contributed by atoms with van der Waals surface area (Å²) >= 11 is 0. The van der Waals surface area contributed by atoms with Gasteiger partial charge in [0.15, 0.2) is 5.69 Å². The van der Waals surface area contributed by atoms with Crippen molar-refractivity contribution >= 4 is 22.6 Å². The van der Waals surface area contributed by atoms with Crippen LogP contribution in [0.2, 0.25) is 0 Å². The summed E-state index contributed by atoms with van der Waals surface area (Å²) in [5, 5.41) is 9.61. The molecule has 3 aromatic rings. The van der Waals surface area contributed by atoms with Crippen LogP contribution in [0.1, 0.15) is 27.2 Å². The number of phenolic OH excluding ortho intramolecular Hbond substituents is 1. The number of phenols is 1. The fourth-order valence-corrected chi connectivity index (χ4v) is 3.71. The van der Waals surface area contributed by atoms with Crippen LogP contribution >= 0.6 is 0 Å². The van der Waals surface area contributed by atoms with E-state index in [2.05, 4.69) is 4.98 Å². The van der Waals surface area contributed by atoms with E-state index in [4.69, 9.17) is 20.9 Å². The summed E-state index contributed by atoms with van der Waals surface area (Å²) < 4.78 is 53.8. The lowest BCUT2D eigenvalue weighted by Gasteiger charge is -2.22. The number of alkyl halides is 3. The van der Waals surface area contributed by atoms with Gasteiger partial charge in [0.25, 0.3) is 11.8 Å². The first kappa shape index (κ1) is 19.7. The smallest absolute Gasteiger partial charge is 0.434 e. The average Bonchev–Trinajstić information content (AvgIpc) is 2.97. The number of aromatic nitrogens is 2. The van der Waals surface area contributed by atoms with Crippen molar-refractivity contribution < 1.29 is 32.5 Å². The standard InChI is InChI=1S/C19H17F3N4O4/c1-7-3-4-9(27)8(2)12(7)26-13-10(11(16(26)23)17(24)28)15(19(20,21)22)25-18-14(13)29-5-6-30-18/h3-4,27H,5-6,23H2,1-2H3,(H2,24,28). The minimum atomic E-state index is -4.93. The van der Waals surface area contributed by atoms with Crippen molar-refractivity contribution in [2.75, 3.05) is 18.9 Å². The maximum absolute atomic E-state index is 13.9. The number of primary amides is 1. The molecule has 0 saturated heterocycles. The fourth-order valence-electron chi connectivity index (χ4n) is 3.71. The van der Waals surface area contributed by atoms with E-state index in [-0.39, 0.29) is 41.9 Å². The summed E-state index contributed by atoms with van der Waals surface area (Å²) in [5.41, 5.74) is 10.7. The second-order valence-corrected chi connectivity index (χ2v) is 6.85. The SMILES string of the molecule is Cc1ccc(O)c(C)c1-n1c(N)c(C(N)=O)c2c(C(F)(F)F)nc3c(c21)OCCO3. The molecule has 2 aromatic heterocycles. The first-order valence-corrected chi connectivity index (χ1v) is 8.84. The highest BCUT2D eigenvalue weighted by molar-refractivity contribution is 6.14. The Kier molecular flexibility index (Phi) is 4.22. The van der Waals surface area contributed by atoms with Gasteiger partial charge < -0.3 is 26.0 Å². The number of anilines is 1. The van der Waals surface area contributed by atoms with Crippen molar-refractivity contribution in [1.82, 2.24) is 9.55 Å². The van der Waals surface area contributed by atoms with Crippen LogP contribution in [-0.4, -0.2) is 33.8 Å². The lowest BCUT2D eigenvalue weighted by atomic mass is 10.1. The summed E-state index contributed by atoms with van der Waals surface area (Å²) in [7, 11) is 0. The number of rotatable bonds is 2. The lowest BCUT2D eigenvalue weighted by Crippen LogP contribution is -2.20. The molecule has 1 amide bonds. The molecule has 5 N–H and O–H groups in total. The number of pyridine rings is 1. The van der Waals surface area contributed by atoms with Gasteiger partial charge in [-0.3, -0.25) is 9.36 Å². The summed E-state index contributed by atoms with van der Waals surface area (Å²) in [4.78, 5) is 15.7. The highest BCUT2D eigenvalue weighted by Gasteiger charge is 2.42. The average molecular weight is 422 g/mol. The van der Waals surface area contributed by atoms with Crippen molar-refractivity contribution in [3.05, 3.63) is 34.5 Å².